The topological polar surface area (TPSA) is 3.24 Å². The van der Waals surface area contributed by atoms with Crippen LogP contribution in [0.3, 0.4) is 0 Å². The molecule has 1 nitrogen and oxygen atoms in total. The van der Waals surface area contributed by atoms with Crippen LogP contribution in [0.25, 0.3) is 0 Å². The minimum Gasteiger partial charge on any atom is -0.294 e. The van der Waals surface area contributed by atoms with E-state index in [9.17, 15) is 13.2 Å². The third kappa shape index (κ3) is 6.34. The third-order valence-corrected chi connectivity index (χ3v) is 3.35. The minimum atomic E-state index is -4.15. The van der Waals surface area contributed by atoms with Crippen molar-refractivity contribution in [2.45, 2.75) is 25.4 Å². The molecule has 0 amide bonds. The SMILES string of the molecule is CCCN(CC(CS)c1ccccc1)CC(F)(F)F. The molecular formula is C14H20F3NS. The van der Waals surface area contributed by atoms with E-state index in [-0.39, 0.29) is 5.92 Å². The van der Waals surface area contributed by atoms with Crippen LogP contribution in [0.4, 0.5) is 13.2 Å². The number of thiol groups is 1. The van der Waals surface area contributed by atoms with Gasteiger partial charge in [-0.1, -0.05) is 37.3 Å². The van der Waals surface area contributed by atoms with E-state index in [1.54, 1.807) is 0 Å². The fourth-order valence-corrected chi connectivity index (χ4v) is 2.44. The van der Waals surface area contributed by atoms with Crippen molar-refractivity contribution in [3.63, 3.8) is 0 Å². The first kappa shape index (κ1) is 16.4. The summed E-state index contributed by atoms with van der Waals surface area (Å²) in [6.45, 7) is 1.89. The second-order valence-electron chi connectivity index (χ2n) is 4.64. The van der Waals surface area contributed by atoms with Gasteiger partial charge in [0.05, 0.1) is 6.54 Å². The highest BCUT2D eigenvalue weighted by Crippen LogP contribution is 2.22. The standard InChI is InChI=1S/C14H20F3NS/c1-2-8-18(11-14(15,16)17)9-13(10-19)12-6-4-3-5-7-12/h3-7,13,19H,2,8-11H2,1H3. The Morgan fingerprint density at radius 3 is 2.32 bits per heavy atom. The van der Waals surface area contributed by atoms with Crippen LogP contribution in [0.5, 0.6) is 0 Å². The van der Waals surface area contributed by atoms with E-state index in [2.05, 4.69) is 12.6 Å². The summed E-state index contributed by atoms with van der Waals surface area (Å²) in [4.78, 5) is 1.47. The molecule has 0 spiro atoms. The average Bonchev–Trinajstić information content (AvgIpc) is 2.35. The molecule has 1 unspecified atom stereocenters. The lowest BCUT2D eigenvalue weighted by Gasteiger charge is -2.27. The minimum absolute atomic E-state index is 0.0263. The molecule has 0 N–H and O–H groups in total. The summed E-state index contributed by atoms with van der Waals surface area (Å²) >= 11 is 4.27. The van der Waals surface area contributed by atoms with Gasteiger partial charge in [-0.05, 0) is 24.3 Å². The summed E-state index contributed by atoms with van der Waals surface area (Å²) in [5, 5.41) is 0. The maximum Gasteiger partial charge on any atom is 0.401 e. The van der Waals surface area contributed by atoms with E-state index in [0.29, 0.717) is 25.3 Å². The van der Waals surface area contributed by atoms with Crippen molar-refractivity contribution in [2.24, 2.45) is 0 Å². The molecule has 0 fully saturated rings. The first-order chi connectivity index (χ1) is 8.96. The summed E-state index contributed by atoms with van der Waals surface area (Å²) < 4.78 is 37.6. The van der Waals surface area contributed by atoms with Gasteiger partial charge in [0.1, 0.15) is 0 Å². The summed E-state index contributed by atoms with van der Waals surface area (Å²) in [6, 6.07) is 9.59. The van der Waals surface area contributed by atoms with Crippen LogP contribution < -0.4 is 0 Å². The third-order valence-electron chi connectivity index (χ3n) is 2.91. The predicted molar refractivity (Wildman–Crippen MR) is 75.8 cm³/mol. The van der Waals surface area contributed by atoms with Gasteiger partial charge in [-0.15, -0.1) is 0 Å². The Morgan fingerprint density at radius 1 is 1.21 bits per heavy atom. The Morgan fingerprint density at radius 2 is 1.84 bits per heavy atom. The molecule has 0 aliphatic carbocycles. The van der Waals surface area contributed by atoms with E-state index in [0.717, 1.165) is 5.56 Å². The molecule has 5 heteroatoms. The molecule has 0 heterocycles. The van der Waals surface area contributed by atoms with Crippen molar-refractivity contribution in [3.05, 3.63) is 35.9 Å². The van der Waals surface area contributed by atoms with Crippen molar-refractivity contribution >= 4 is 12.6 Å². The number of benzene rings is 1. The predicted octanol–water partition coefficient (Wildman–Crippen LogP) is 3.97. The van der Waals surface area contributed by atoms with Crippen LogP contribution in [-0.4, -0.2) is 36.5 Å². The lowest BCUT2D eigenvalue weighted by atomic mass is 10.0. The van der Waals surface area contributed by atoms with Gasteiger partial charge in [-0.25, -0.2) is 0 Å². The lowest BCUT2D eigenvalue weighted by molar-refractivity contribution is -0.146. The van der Waals surface area contributed by atoms with Gasteiger partial charge in [0.2, 0.25) is 0 Å². The van der Waals surface area contributed by atoms with Crippen molar-refractivity contribution in [3.8, 4) is 0 Å². The first-order valence-electron chi connectivity index (χ1n) is 6.41. The largest absolute Gasteiger partial charge is 0.401 e. The van der Waals surface area contributed by atoms with Crippen molar-refractivity contribution < 1.29 is 13.2 Å². The summed E-state index contributed by atoms with van der Waals surface area (Å²) in [6.07, 6.45) is -3.43. The lowest BCUT2D eigenvalue weighted by Crippen LogP contribution is -2.38. The van der Waals surface area contributed by atoms with Gasteiger partial charge in [0, 0.05) is 12.5 Å². The molecule has 0 bridgehead atoms. The van der Waals surface area contributed by atoms with Gasteiger partial charge < -0.3 is 0 Å². The van der Waals surface area contributed by atoms with Gasteiger partial charge in [-0.3, -0.25) is 4.90 Å². The highest BCUT2D eigenvalue weighted by molar-refractivity contribution is 7.80. The molecule has 1 atom stereocenters. The maximum atomic E-state index is 12.5. The highest BCUT2D eigenvalue weighted by atomic mass is 32.1. The van der Waals surface area contributed by atoms with Crippen molar-refractivity contribution in [2.75, 3.05) is 25.4 Å². The number of halogens is 3. The molecule has 0 aliphatic rings. The van der Waals surface area contributed by atoms with Gasteiger partial charge in [0.15, 0.2) is 0 Å². The molecule has 0 radical (unpaired) electrons. The Hall–Kier alpha value is -0.680. The number of nitrogens with zero attached hydrogens (tertiary/aromatic N) is 1. The van der Waals surface area contributed by atoms with Crippen molar-refractivity contribution in [1.29, 1.82) is 0 Å². The van der Waals surface area contributed by atoms with Crippen LogP contribution in [0.1, 0.15) is 24.8 Å². The van der Waals surface area contributed by atoms with E-state index >= 15 is 0 Å². The first-order valence-corrected chi connectivity index (χ1v) is 7.04. The molecule has 19 heavy (non-hydrogen) atoms. The summed E-state index contributed by atoms with van der Waals surface area (Å²) in [7, 11) is 0. The number of alkyl halides is 3. The van der Waals surface area contributed by atoms with Crippen molar-refractivity contribution in [1.82, 2.24) is 4.90 Å². The zero-order chi connectivity index (χ0) is 14.3. The second kappa shape index (κ2) is 7.80. The molecular weight excluding hydrogens is 271 g/mol. The van der Waals surface area contributed by atoms with E-state index < -0.39 is 12.7 Å². The van der Waals surface area contributed by atoms with Gasteiger partial charge >= 0.3 is 6.18 Å². The summed E-state index contributed by atoms with van der Waals surface area (Å²) in [5.74, 6) is 0.570. The normalized spacial score (nSPS) is 13.8. The molecule has 108 valence electrons. The Labute approximate surface area is 118 Å². The van der Waals surface area contributed by atoms with Crippen LogP contribution in [-0.2, 0) is 0 Å². The van der Waals surface area contributed by atoms with E-state index in [1.807, 2.05) is 37.3 Å². The fraction of sp³-hybridized carbons (Fsp3) is 0.571. The molecule has 0 aliphatic heterocycles. The Kier molecular flexibility index (Phi) is 6.72. The molecule has 0 saturated carbocycles. The second-order valence-corrected chi connectivity index (χ2v) is 5.01. The monoisotopic (exact) mass is 291 g/mol. The van der Waals surface area contributed by atoms with E-state index in [4.69, 9.17) is 0 Å². The Bertz CT molecular complexity index is 353. The molecule has 1 rings (SSSR count). The van der Waals surface area contributed by atoms with Crippen LogP contribution in [0, 0.1) is 0 Å². The summed E-state index contributed by atoms with van der Waals surface area (Å²) in [5.41, 5.74) is 1.04. The smallest absolute Gasteiger partial charge is 0.294 e. The van der Waals surface area contributed by atoms with Crippen LogP contribution in [0.2, 0.25) is 0 Å². The number of hydrogen-bond acceptors (Lipinski definition) is 2. The molecule has 1 aromatic rings. The average molecular weight is 291 g/mol. The molecule has 0 saturated heterocycles. The zero-order valence-corrected chi connectivity index (χ0v) is 11.9. The Balaban J connectivity index is 2.70. The van der Waals surface area contributed by atoms with E-state index in [1.165, 1.54) is 4.90 Å². The quantitative estimate of drug-likeness (QED) is 0.744. The number of rotatable bonds is 7. The van der Waals surface area contributed by atoms with Gasteiger partial charge in [0.25, 0.3) is 0 Å². The number of hydrogen-bond donors (Lipinski definition) is 1. The molecule has 0 aromatic heterocycles. The van der Waals surface area contributed by atoms with Crippen LogP contribution in [0.15, 0.2) is 30.3 Å². The van der Waals surface area contributed by atoms with Crippen LogP contribution >= 0.6 is 12.6 Å². The maximum absolute atomic E-state index is 12.5. The zero-order valence-electron chi connectivity index (χ0n) is 11.0. The van der Waals surface area contributed by atoms with Gasteiger partial charge in [-0.2, -0.15) is 25.8 Å². The highest BCUT2D eigenvalue weighted by Gasteiger charge is 2.31. The molecule has 1 aromatic carbocycles. The fourth-order valence-electron chi connectivity index (χ4n) is 2.11.